The lowest BCUT2D eigenvalue weighted by molar-refractivity contribution is -0.121. The SMILES string of the molecule is CCc1ccc2c(CC(=O)NC3CCCCC3)coc2c1. The zero-order chi connectivity index (χ0) is 14.7. The Balaban J connectivity index is 1.68. The molecule has 1 aromatic heterocycles. The Morgan fingerprint density at radius 2 is 2.10 bits per heavy atom. The molecule has 0 spiro atoms. The Kier molecular flexibility index (Phi) is 4.28. The van der Waals surface area contributed by atoms with Crippen molar-refractivity contribution >= 4 is 16.9 Å². The number of benzene rings is 1. The van der Waals surface area contributed by atoms with Crippen molar-refractivity contribution in [3.05, 3.63) is 35.6 Å². The van der Waals surface area contributed by atoms with Gasteiger partial charge in [0.15, 0.2) is 0 Å². The number of hydrogen-bond acceptors (Lipinski definition) is 2. The molecule has 1 heterocycles. The van der Waals surface area contributed by atoms with Crippen LogP contribution in [0, 0.1) is 0 Å². The second-order valence-electron chi connectivity index (χ2n) is 6.02. The molecular formula is C18H23NO2. The van der Waals surface area contributed by atoms with E-state index in [2.05, 4.69) is 30.4 Å². The minimum absolute atomic E-state index is 0.115. The van der Waals surface area contributed by atoms with Gasteiger partial charge in [0, 0.05) is 17.0 Å². The maximum atomic E-state index is 12.2. The number of carbonyl (C=O) groups excluding carboxylic acids is 1. The third kappa shape index (κ3) is 3.29. The van der Waals surface area contributed by atoms with Crippen LogP contribution in [0.1, 0.15) is 50.2 Å². The Labute approximate surface area is 125 Å². The van der Waals surface area contributed by atoms with Crippen molar-refractivity contribution in [2.75, 3.05) is 0 Å². The van der Waals surface area contributed by atoms with E-state index < -0.39 is 0 Å². The lowest BCUT2D eigenvalue weighted by Crippen LogP contribution is -2.37. The van der Waals surface area contributed by atoms with Gasteiger partial charge in [-0.3, -0.25) is 4.79 Å². The number of nitrogens with one attached hydrogen (secondary N) is 1. The second-order valence-corrected chi connectivity index (χ2v) is 6.02. The average Bonchev–Trinajstić information content (AvgIpc) is 2.90. The van der Waals surface area contributed by atoms with Crippen LogP contribution >= 0.6 is 0 Å². The molecule has 0 bridgehead atoms. The molecular weight excluding hydrogens is 262 g/mol. The van der Waals surface area contributed by atoms with E-state index in [0.717, 1.165) is 35.8 Å². The molecule has 1 N–H and O–H groups in total. The highest BCUT2D eigenvalue weighted by molar-refractivity contribution is 5.88. The Hall–Kier alpha value is -1.77. The van der Waals surface area contributed by atoms with Crippen LogP contribution in [0.15, 0.2) is 28.9 Å². The molecule has 3 heteroatoms. The van der Waals surface area contributed by atoms with Crippen molar-refractivity contribution in [3.63, 3.8) is 0 Å². The summed E-state index contributed by atoms with van der Waals surface area (Å²) in [6.07, 6.45) is 9.15. The third-order valence-corrected chi connectivity index (χ3v) is 4.45. The van der Waals surface area contributed by atoms with Gasteiger partial charge in [-0.25, -0.2) is 0 Å². The Morgan fingerprint density at radius 1 is 1.29 bits per heavy atom. The van der Waals surface area contributed by atoms with Crippen LogP contribution in [-0.2, 0) is 17.6 Å². The first-order valence-corrected chi connectivity index (χ1v) is 8.04. The Bertz CT molecular complexity index is 623. The molecule has 0 aliphatic heterocycles. The molecule has 1 aliphatic carbocycles. The standard InChI is InChI=1S/C18H23NO2/c1-2-13-8-9-16-14(12-21-17(16)10-13)11-18(20)19-15-6-4-3-5-7-15/h8-10,12,15H,2-7,11H2,1H3,(H,19,20). The summed E-state index contributed by atoms with van der Waals surface area (Å²) in [4.78, 5) is 12.2. The largest absolute Gasteiger partial charge is 0.464 e. The van der Waals surface area contributed by atoms with E-state index in [1.54, 1.807) is 6.26 Å². The minimum atomic E-state index is 0.115. The number of aryl methyl sites for hydroxylation is 1. The Morgan fingerprint density at radius 3 is 2.86 bits per heavy atom. The molecule has 3 nitrogen and oxygen atoms in total. The van der Waals surface area contributed by atoms with Crippen LogP contribution in [0.5, 0.6) is 0 Å². The molecule has 0 radical (unpaired) electrons. The summed E-state index contributed by atoms with van der Waals surface area (Å²) >= 11 is 0. The van der Waals surface area contributed by atoms with E-state index in [4.69, 9.17) is 4.42 Å². The number of rotatable bonds is 4. The summed E-state index contributed by atoms with van der Waals surface area (Å²) in [6.45, 7) is 2.13. The molecule has 0 saturated heterocycles. The summed E-state index contributed by atoms with van der Waals surface area (Å²) in [5, 5.41) is 4.22. The predicted octanol–water partition coefficient (Wildman–Crippen LogP) is 3.99. The first-order chi connectivity index (χ1) is 10.3. The molecule has 0 atom stereocenters. The van der Waals surface area contributed by atoms with E-state index in [1.165, 1.54) is 24.8 Å². The summed E-state index contributed by atoms with van der Waals surface area (Å²) in [5.41, 5.74) is 3.13. The van der Waals surface area contributed by atoms with Crippen molar-refractivity contribution in [3.8, 4) is 0 Å². The van der Waals surface area contributed by atoms with Crippen LogP contribution in [-0.4, -0.2) is 11.9 Å². The van der Waals surface area contributed by atoms with E-state index >= 15 is 0 Å². The maximum Gasteiger partial charge on any atom is 0.224 e. The highest BCUT2D eigenvalue weighted by atomic mass is 16.3. The monoisotopic (exact) mass is 285 g/mol. The average molecular weight is 285 g/mol. The predicted molar refractivity (Wildman–Crippen MR) is 84.3 cm³/mol. The van der Waals surface area contributed by atoms with E-state index in [-0.39, 0.29) is 5.91 Å². The van der Waals surface area contributed by atoms with Crippen LogP contribution in [0.3, 0.4) is 0 Å². The van der Waals surface area contributed by atoms with Crippen molar-refractivity contribution in [1.82, 2.24) is 5.32 Å². The van der Waals surface area contributed by atoms with Gasteiger partial charge in [-0.15, -0.1) is 0 Å². The molecule has 3 rings (SSSR count). The fourth-order valence-electron chi connectivity index (χ4n) is 3.18. The quantitative estimate of drug-likeness (QED) is 0.923. The highest BCUT2D eigenvalue weighted by Crippen LogP contribution is 2.23. The van der Waals surface area contributed by atoms with Crippen molar-refractivity contribution in [2.24, 2.45) is 0 Å². The third-order valence-electron chi connectivity index (χ3n) is 4.45. The second kappa shape index (κ2) is 6.33. The molecule has 1 fully saturated rings. The zero-order valence-corrected chi connectivity index (χ0v) is 12.7. The molecule has 21 heavy (non-hydrogen) atoms. The summed E-state index contributed by atoms with van der Waals surface area (Å²) < 4.78 is 5.60. The van der Waals surface area contributed by atoms with Gasteiger partial charge in [0.1, 0.15) is 5.58 Å². The van der Waals surface area contributed by atoms with Crippen molar-refractivity contribution < 1.29 is 9.21 Å². The number of carbonyl (C=O) groups is 1. The van der Waals surface area contributed by atoms with E-state index in [9.17, 15) is 4.79 Å². The van der Waals surface area contributed by atoms with Gasteiger partial charge < -0.3 is 9.73 Å². The van der Waals surface area contributed by atoms with Crippen LogP contribution in [0.25, 0.3) is 11.0 Å². The van der Waals surface area contributed by atoms with Crippen molar-refractivity contribution in [1.29, 1.82) is 0 Å². The number of fused-ring (bicyclic) bond motifs is 1. The van der Waals surface area contributed by atoms with Gasteiger partial charge in [0.2, 0.25) is 5.91 Å². The van der Waals surface area contributed by atoms with Gasteiger partial charge in [-0.2, -0.15) is 0 Å². The fraction of sp³-hybridized carbons (Fsp3) is 0.500. The summed E-state index contributed by atoms with van der Waals surface area (Å²) in [5.74, 6) is 0.115. The minimum Gasteiger partial charge on any atom is -0.464 e. The van der Waals surface area contributed by atoms with Gasteiger partial charge in [-0.1, -0.05) is 38.3 Å². The normalized spacial score (nSPS) is 16.2. The molecule has 112 valence electrons. The smallest absolute Gasteiger partial charge is 0.224 e. The topological polar surface area (TPSA) is 42.2 Å². The number of furan rings is 1. The lowest BCUT2D eigenvalue weighted by Gasteiger charge is -2.22. The molecule has 1 aromatic carbocycles. The summed E-state index contributed by atoms with van der Waals surface area (Å²) in [6, 6.07) is 6.62. The molecule has 0 unspecified atom stereocenters. The molecule has 1 aliphatic rings. The summed E-state index contributed by atoms with van der Waals surface area (Å²) in [7, 11) is 0. The highest BCUT2D eigenvalue weighted by Gasteiger charge is 2.17. The van der Waals surface area contributed by atoms with E-state index in [0.29, 0.717) is 12.5 Å². The first-order valence-electron chi connectivity index (χ1n) is 8.04. The van der Waals surface area contributed by atoms with Crippen molar-refractivity contribution in [2.45, 2.75) is 57.9 Å². The van der Waals surface area contributed by atoms with Gasteiger partial charge in [-0.05, 0) is 30.9 Å². The van der Waals surface area contributed by atoms with Crippen LogP contribution in [0.4, 0.5) is 0 Å². The van der Waals surface area contributed by atoms with Crippen LogP contribution in [0.2, 0.25) is 0 Å². The van der Waals surface area contributed by atoms with Gasteiger partial charge in [0.05, 0.1) is 12.7 Å². The molecule has 2 aromatic rings. The van der Waals surface area contributed by atoms with Crippen LogP contribution < -0.4 is 5.32 Å². The van der Waals surface area contributed by atoms with E-state index in [1.807, 2.05) is 0 Å². The van der Waals surface area contributed by atoms with Gasteiger partial charge in [0.25, 0.3) is 0 Å². The molecule has 1 amide bonds. The fourth-order valence-corrected chi connectivity index (χ4v) is 3.18. The maximum absolute atomic E-state index is 12.2. The van der Waals surface area contributed by atoms with Gasteiger partial charge >= 0.3 is 0 Å². The lowest BCUT2D eigenvalue weighted by atomic mass is 9.95. The zero-order valence-electron chi connectivity index (χ0n) is 12.7. The number of amides is 1. The first kappa shape index (κ1) is 14.2. The molecule has 1 saturated carbocycles. The number of hydrogen-bond donors (Lipinski definition) is 1.